The van der Waals surface area contributed by atoms with Gasteiger partial charge in [0, 0.05) is 23.1 Å². The Morgan fingerprint density at radius 2 is 2.12 bits per heavy atom. The molecule has 1 aromatic carbocycles. The second-order valence-electron chi connectivity index (χ2n) is 5.39. The Hall–Kier alpha value is -2.92. The molecule has 0 saturated carbocycles. The van der Waals surface area contributed by atoms with Crippen molar-refractivity contribution in [2.75, 3.05) is 12.3 Å². The van der Waals surface area contributed by atoms with Crippen molar-refractivity contribution in [3.8, 4) is 28.7 Å². The third kappa shape index (κ3) is 2.13. The van der Waals surface area contributed by atoms with Crippen molar-refractivity contribution < 1.29 is 23.0 Å². The predicted octanol–water partition coefficient (Wildman–Crippen LogP) is 2.60. The molecule has 0 unspecified atom stereocenters. The van der Waals surface area contributed by atoms with E-state index in [1.165, 1.54) is 6.07 Å². The molecule has 0 fully saturated rings. The number of ether oxygens (including phenoxy) is 3. The lowest BCUT2D eigenvalue weighted by Gasteiger charge is -2.21. The van der Waals surface area contributed by atoms with Crippen LogP contribution in [0.25, 0.3) is 11.1 Å². The minimum Gasteiger partial charge on any atom is -0.395 e. The van der Waals surface area contributed by atoms with Crippen LogP contribution in [0.3, 0.4) is 0 Å². The maximum absolute atomic E-state index is 13.5. The van der Waals surface area contributed by atoms with Gasteiger partial charge in [0.05, 0.1) is 18.9 Å². The van der Waals surface area contributed by atoms with Crippen LogP contribution >= 0.6 is 0 Å². The molecule has 2 aliphatic rings. The Kier molecular flexibility index (Phi) is 3.08. The molecular formula is C16H11F2N3O3. The average molecular weight is 331 g/mol. The van der Waals surface area contributed by atoms with E-state index in [0.717, 1.165) is 0 Å². The summed E-state index contributed by atoms with van der Waals surface area (Å²) in [6.45, 7) is 0.697. The summed E-state index contributed by atoms with van der Waals surface area (Å²) in [6.07, 6.45) is -3.22. The fraction of sp³-hybridized carbons (Fsp3) is 0.250. The highest BCUT2D eigenvalue weighted by Crippen LogP contribution is 2.49. The van der Waals surface area contributed by atoms with Crippen molar-refractivity contribution >= 4 is 5.82 Å². The molecule has 122 valence electrons. The number of alkyl halides is 2. The zero-order valence-electron chi connectivity index (χ0n) is 12.3. The number of hydrogen-bond donors (Lipinski definition) is 1. The summed E-state index contributed by atoms with van der Waals surface area (Å²) >= 11 is 0. The number of nitriles is 1. The number of anilines is 1. The third-order valence-electron chi connectivity index (χ3n) is 3.95. The number of nitrogen functional groups attached to an aromatic ring is 1. The van der Waals surface area contributed by atoms with Crippen LogP contribution in [0.4, 0.5) is 14.6 Å². The summed E-state index contributed by atoms with van der Waals surface area (Å²) in [6, 6.07) is 6.50. The second kappa shape index (κ2) is 5.04. The number of nitrogens with zero attached hydrogens (tertiary/aromatic N) is 2. The first-order valence-corrected chi connectivity index (χ1v) is 7.18. The van der Waals surface area contributed by atoms with Crippen LogP contribution in [-0.2, 0) is 17.8 Å². The van der Waals surface area contributed by atoms with Crippen molar-refractivity contribution in [2.45, 2.75) is 19.3 Å². The first-order valence-electron chi connectivity index (χ1n) is 7.18. The molecule has 0 saturated heterocycles. The smallest absolute Gasteiger partial charge is 0.395 e. The molecule has 0 spiro atoms. The SMILES string of the molecule is N#Cc1c(N)nc2c(c1-c1cccc3c1OC(F)(F)O3)COCC2. The lowest BCUT2D eigenvalue weighted by atomic mass is 9.92. The summed E-state index contributed by atoms with van der Waals surface area (Å²) in [7, 11) is 0. The van der Waals surface area contributed by atoms with E-state index >= 15 is 0 Å². The number of halogens is 2. The number of fused-ring (bicyclic) bond motifs is 2. The Morgan fingerprint density at radius 1 is 1.29 bits per heavy atom. The number of aromatic nitrogens is 1. The van der Waals surface area contributed by atoms with Gasteiger partial charge in [-0.25, -0.2) is 4.98 Å². The van der Waals surface area contributed by atoms with Gasteiger partial charge >= 0.3 is 6.29 Å². The van der Waals surface area contributed by atoms with Gasteiger partial charge in [0.25, 0.3) is 0 Å². The Bertz CT molecular complexity index is 893. The second-order valence-corrected chi connectivity index (χ2v) is 5.39. The van der Waals surface area contributed by atoms with E-state index in [-0.39, 0.29) is 29.5 Å². The van der Waals surface area contributed by atoms with E-state index in [1.807, 2.05) is 6.07 Å². The monoisotopic (exact) mass is 331 g/mol. The minimum atomic E-state index is -3.75. The van der Waals surface area contributed by atoms with Crippen molar-refractivity contribution in [3.05, 3.63) is 35.0 Å². The van der Waals surface area contributed by atoms with Gasteiger partial charge in [-0.1, -0.05) is 12.1 Å². The van der Waals surface area contributed by atoms with Crippen LogP contribution in [0.15, 0.2) is 18.2 Å². The largest absolute Gasteiger partial charge is 0.586 e. The van der Waals surface area contributed by atoms with Crippen molar-refractivity contribution in [1.82, 2.24) is 4.98 Å². The fourth-order valence-electron chi connectivity index (χ4n) is 2.97. The van der Waals surface area contributed by atoms with Crippen LogP contribution < -0.4 is 15.2 Å². The number of hydrogen-bond acceptors (Lipinski definition) is 6. The number of rotatable bonds is 1. The molecule has 2 N–H and O–H groups in total. The number of para-hydroxylation sites is 1. The summed E-state index contributed by atoms with van der Waals surface area (Å²) in [5.41, 5.74) is 8.05. The van der Waals surface area contributed by atoms with Crippen LogP contribution in [0, 0.1) is 11.3 Å². The maximum atomic E-state index is 13.5. The van der Waals surface area contributed by atoms with Gasteiger partial charge in [-0.2, -0.15) is 5.26 Å². The molecular weight excluding hydrogens is 320 g/mol. The van der Waals surface area contributed by atoms with Gasteiger partial charge < -0.3 is 19.9 Å². The molecule has 0 radical (unpaired) electrons. The van der Waals surface area contributed by atoms with Crippen molar-refractivity contribution in [1.29, 1.82) is 5.26 Å². The van der Waals surface area contributed by atoms with E-state index in [1.54, 1.807) is 12.1 Å². The highest BCUT2D eigenvalue weighted by Gasteiger charge is 2.45. The first-order chi connectivity index (χ1) is 11.5. The fourth-order valence-corrected chi connectivity index (χ4v) is 2.97. The van der Waals surface area contributed by atoms with Gasteiger partial charge in [-0.05, 0) is 6.07 Å². The molecule has 0 aliphatic carbocycles. The maximum Gasteiger partial charge on any atom is 0.586 e. The molecule has 8 heteroatoms. The van der Waals surface area contributed by atoms with Gasteiger partial charge in [0.2, 0.25) is 0 Å². The quantitative estimate of drug-likeness (QED) is 0.864. The Balaban J connectivity index is 2.01. The summed E-state index contributed by atoms with van der Waals surface area (Å²) in [5, 5.41) is 9.48. The van der Waals surface area contributed by atoms with Crippen LogP contribution in [0.5, 0.6) is 11.5 Å². The van der Waals surface area contributed by atoms with E-state index in [2.05, 4.69) is 14.5 Å². The molecule has 1 aromatic heterocycles. The highest BCUT2D eigenvalue weighted by atomic mass is 19.3. The number of nitrogens with two attached hydrogens (primary N) is 1. The normalized spacial score (nSPS) is 17.2. The van der Waals surface area contributed by atoms with Crippen molar-refractivity contribution in [3.63, 3.8) is 0 Å². The van der Waals surface area contributed by atoms with Gasteiger partial charge in [-0.3, -0.25) is 0 Å². The first kappa shape index (κ1) is 14.7. The minimum absolute atomic E-state index is 0.0522. The van der Waals surface area contributed by atoms with Gasteiger partial charge in [0.15, 0.2) is 11.5 Å². The Morgan fingerprint density at radius 3 is 2.92 bits per heavy atom. The molecule has 6 nitrogen and oxygen atoms in total. The molecule has 2 aliphatic heterocycles. The van der Waals surface area contributed by atoms with Crippen LogP contribution in [-0.4, -0.2) is 17.9 Å². The number of pyridine rings is 1. The molecule has 24 heavy (non-hydrogen) atoms. The zero-order valence-corrected chi connectivity index (χ0v) is 12.3. The summed E-state index contributed by atoms with van der Waals surface area (Å²) in [4.78, 5) is 4.25. The average Bonchev–Trinajstić information content (AvgIpc) is 2.87. The van der Waals surface area contributed by atoms with E-state index in [9.17, 15) is 14.0 Å². The van der Waals surface area contributed by atoms with Gasteiger partial charge in [-0.15, -0.1) is 8.78 Å². The summed E-state index contributed by atoms with van der Waals surface area (Å²) in [5.74, 6) is -0.170. The molecule has 4 rings (SSSR count). The van der Waals surface area contributed by atoms with E-state index in [0.29, 0.717) is 35.4 Å². The zero-order chi connectivity index (χ0) is 16.9. The lowest BCUT2D eigenvalue weighted by Crippen LogP contribution is -2.26. The molecule has 0 amide bonds. The van der Waals surface area contributed by atoms with Crippen molar-refractivity contribution in [2.24, 2.45) is 0 Å². The third-order valence-corrected chi connectivity index (χ3v) is 3.95. The number of benzene rings is 1. The molecule has 0 bridgehead atoms. The van der Waals surface area contributed by atoms with Crippen LogP contribution in [0.1, 0.15) is 16.8 Å². The van der Waals surface area contributed by atoms with Crippen LogP contribution in [0.2, 0.25) is 0 Å². The van der Waals surface area contributed by atoms with E-state index < -0.39 is 6.29 Å². The molecule has 0 atom stereocenters. The highest BCUT2D eigenvalue weighted by molar-refractivity contribution is 5.84. The van der Waals surface area contributed by atoms with E-state index in [4.69, 9.17) is 10.5 Å². The lowest BCUT2D eigenvalue weighted by molar-refractivity contribution is -0.286. The topological polar surface area (TPSA) is 90.4 Å². The standard InChI is InChI=1S/C16H11F2N3O3/c17-16(18)23-12-3-1-2-8(14(12)24-16)13-9(6-19)15(20)21-11-4-5-22-7-10(11)13/h1-3H,4-5,7H2,(H2,20,21). The summed E-state index contributed by atoms with van der Waals surface area (Å²) < 4.78 is 41.5. The molecule has 2 aromatic rings. The molecule has 3 heterocycles. The Labute approximate surface area is 135 Å². The van der Waals surface area contributed by atoms with Gasteiger partial charge in [0.1, 0.15) is 17.5 Å². The predicted molar refractivity (Wildman–Crippen MR) is 78.4 cm³/mol.